The van der Waals surface area contributed by atoms with Crippen LogP contribution in [0.5, 0.6) is 0 Å². The van der Waals surface area contributed by atoms with E-state index >= 15 is 0 Å². The van der Waals surface area contributed by atoms with Crippen LogP contribution in [0.3, 0.4) is 0 Å². The van der Waals surface area contributed by atoms with Crippen molar-refractivity contribution < 1.29 is 32.9 Å². The molecule has 3 unspecified atom stereocenters. The van der Waals surface area contributed by atoms with Gasteiger partial charge in [-0.25, -0.2) is 0 Å². The molecule has 0 aromatic carbocycles. The van der Waals surface area contributed by atoms with Crippen molar-refractivity contribution in [2.75, 3.05) is 40.9 Å². The molecule has 2 N–H and O–H groups in total. The van der Waals surface area contributed by atoms with E-state index in [1.807, 2.05) is 27.2 Å². The number of hydrogen-bond donors (Lipinski definition) is 2. The largest absolute Gasteiger partial charge is 0.756 e. The highest BCUT2D eigenvalue weighted by Crippen LogP contribution is 2.38. The minimum absolute atomic E-state index is 0.0115. The molecule has 0 aromatic heterocycles. The lowest BCUT2D eigenvalue weighted by Crippen LogP contribution is -2.45. The fourth-order valence-electron chi connectivity index (χ4n) is 7.67. The first kappa shape index (κ1) is 68.9. The second-order valence-electron chi connectivity index (χ2n) is 20.3. The Bertz CT molecular complexity index is 1580. The van der Waals surface area contributed by atoms with Crippen LogP contribution in [0.15, 0.2) is 122 Å². The Morgan fingerprint density at radius 3 is 1.24 bits per heavy atom. The van der Waals surface area contributed by atoms with E-state index in [0.717, 1.165) is 116 Å². The van der Waals surface area contributed by atoms with E-state index in [1.165, 1.54) is 83.5 Å². The Kier molecular flexibility index (Phi) is 50.5. The number of phosphoric ester groups is 1. The first-order valence-corrected chi connectivity index (χ1v) is 30.4. The van der Waals surface area contributed by atoms with Crippen LogP contribution in [-0.4, -0.2) is 68.5 Å². The Morgan fingerprint density at radius 1 is 0.500 bits per heavy atom. The van der Waals surface area contributed by atoms with E-state index in [9.17, 15) is 19.4 Å². The standard InChI is InChI=1S/C63H109N2O6P/c1-6-8-10-12-14-16-18-20-22-24-25-26-27-28-29-30-31-32-33-34-35-36-37-38-39-41-43-45-47-49-51-53-55-57-63(67)64-61(60-71-72(68,69)70-59-58-65(3,4)5)62(66)56-54-52-50-48-46-44-42-40-23-21-19-17-15-13-11-9-7-2/h8,10,14,16,20,22,25-26,28-29,31-32,34-35,37-38,41,43,54,56,61-62,66H,6-7,9,11-13,15,17-19,21,23-24,27,30,33,36,39-40,42,44-53,55,57-60H2,1-5H3,(H-,64,67,68,69)/b10-8-,16-14-,22-20-,26-25-,29-28-,32-31-,35-34-,38-37-,43-41-,56-54+. The molecule has 0 heterocycles. The number of carbonyl (C=O) groups excluding carboxylic acids is 1. The number of rotatable bonds is 51. The molecule has 0 radical (unpaired) electrons. The van der Waals surface area contributed by atoms with E-state index in [-0.39, 0.29) is 12.5 Å². The highest BCUT2D eigenvalue weighted by molar-refractivity contribution is 7.45. The number of allylic oxidation sites excluding steroid dienone is 19. The maximum Gasteiger partial charge on any atom is 0.268 e. The van der Waals surface area contributed by atoms with Crippen molar-refractivity contribution >= 4 is 13.7 Å². The molecule has 0 saturated carbocycles. The molecule has 0 aromatic rings. The average Bonchev–Trinajstić information content (AvgIpc) is 3.34. The summed E-state index contributed by atoms with van der Waals surface area (Å²) in [6, 6.07) is -0.906. The van der Waals surface area contributed by atoms with Crippen molar-refractivity contribution in [3.8, 4) is 0 Å². The number of aliphatic hydroxyl groups is 1. The highest BCUT2D eigenvalue weighted by Gasteiger charge is 2.23. The second kappa shape index (κ2) is 52.8. The topological polar surface area (TPSA) is 108 Å². The zero-order valence-electron chi connectivity index (χ0n) is 46.8. The number of quaternary nitrogens is 1. The summed E-state index contributed by atoms with van der Waals surface area (Å²) in [7, 11) is 1.23. The molecular formula is C63H109N2O6P. The SMILES string of the molecule is CC/C=C\C/C=C\C/C=C\C/C=C\C/C=C\C/C=C\C/C=C\C/C=C\C/C=C\CCCCCCCC(=O)NC(COP(=O)([O-])OCC[N+](C)(C)C)C(O)/C=C/CCCCCCCCCCCCCCCCC. The molecule has 0 aliphatic heterocycles. The van der Waals surface area contributed by atoms with Gasteiger partial charge in [0.05, 0.1) is 39.9 Å². The maximum absolute atomic E-state index is 13.0. The van der Waals surface area contributed by atoms with Crippen LogP contribution < -0.4 is 10.2 Å². The predicted octanol–water partition coefficient (Wildman–Crippen LogP) is 17.1. The van der Waals surface area contributed by atoms with Crippen LogP contribution in [0.1, 0.15) is 219 Å². The molecule has 0 saturated heterocycles. The van der Waals surface area contributed by atoms with Gasteiger partial charge in [-0.1, -0.05) is 245 Å². The minimum Gasteiger partial charge on any atom is -0.756 e. The fourth-order valence-corrected chi connectivity index (χ4v) is 8.40. The van der Waals surface area contributed by atoms with Crippen molar-refractivity contribution in [1.82, 2.24) is 5.32 Å². The summed E-state index contributed by atoms with van der Waals surface area (Å²) < 4.78 is 23.3. The fraction of sp³-hybridized carbons (Fsp3) is 0.667. The Labute approximate surface area is 444 Å². The van der Waals surface area contributed by atoms with Gasteiger partial charge in [0.2, 0.25) is 5.91 Å². The van der Waals surface area contributed by atoms with Gasteiger partial charge in [-0.05, 0) is 89.9 Å². The molecule has 9 heteroatoms. The third-order valence-corrected chi connectivity index (χ3v) is 13.1. The van der Waals surface area contributed by atoms with E-state index in [4.69, 9.17) is 9.05 Å². The lowest BCUT2D eigenvalue weighted by Gasteiger charge is -2.29. The van der Waals surface area contributed by atoms with Gasteiger partial charge in [-0.15, -0.1) is 0 Å². The van der Waals surface area contributed by atoms with E-state index < -0.39 is 26.6 Å². The molecular weight excluding hydrogens is 912 g/mol. The van der Waals surface area contributed by atoms with Gasteiger partial charge in [0.1, 0.15) is 13.2 Å². The van der Waals surface area contributed by atoms with Gasteiger partial charge >= 0.3 is 0 Å². The summed E-state index contributed by atoms with van der Waals surface area (Å²) in [6.07, 6.45) is 78.4. The van der Waals surface area contributed by atoms with Gasteiger partial charge in [0, 0.05) is 6.42 Å². The summed E-state index contributed by atoms with van der Waals surface area (Å²) in [5.41, 5.74) is 0. The molecule has 0 fully saturated rings. The van der Waals surface area contributed by atoms with Crippen LogP contribution in [-0.2, 0) is 18.4 Å². The van der Waals surface area contributed by atoms with Crippen LogP contribution in [0, 0.1) is 0 Å². The van der Waals surface area contributed by atoms with Crippen molar-refractivity contribution in [2.45, 2.75) is 231 Å². The maximum atomic E-state index is 13.0. The molecule has 8 nitrogen and oxygen atoms in total. The first-order chi connectivity index (χ1) is 35.0. The first-order valence-electron chi connectivity index (χ1n) is 28.9. The van der Waals surface area contributed by atoms with Gasteiger partial charge in [0.15, 0.2) is 0 Å². The summed E-state index contributed by atoms with van der Waals surface area (Å²) in [6.45, 7) is 4.51. The molecule has 0 bridgehead atoms. The molecule has 0 rings (SSSR count). The number of phosphoric acid groups is 1. The lowest BCUT2D eigenvalue weighted by atomic mass is 10.0. The number of likely N-dealkylation sites (N-methyl/N-ethyl adjacent to an activating group) is 1. The molecule has 1 amide bonds. The molecule has 0 aliphatic rings. The summed E-state index contributed by atoms with van der Waals surface area (Å²) in [5, 5.41) is 13.9. The van der Waals surface area contributed by atoms with Gasteiger partial charge in [-0.2, -0.15) is 0 Å². The van der Waals surface area contributed by atoms with Crippen molar-refractivity contribution in [2.24, 2.45) is 0 Å². The number of unbranched alkanes of at least 4 members (excludes halogenated alkanes) is 20. The Morgan fingerprint density at radius 2 is 0.847 bits per heavy atom. The number of carbonyl (C=O) groups is 1. The zero-order chi connectivity index (χ0) is 52.7. The number of amides is 1. The Balaban J connectivity index is 4.28. The van der Waals surface area contributed by atoms with Crippen LogP contribution >= 0.6 is 7.82 Å². The lowest BCUT2D eigenvalue weighted by molar-refractivity contribution is -0.870. The number of aliphatic hydroxyl groups excluding tert-OH is 1. The minimum atomic E-state index is -4.61. The summed E-state index contributed by atoms with van der Waals surface area (Å²) >= 11 is 0. The van der Waals surface area contributed by atoms with E-state index in [0.29, 0.717) is 17.4 Å². The van der Waals surface area contributed by atoms with Crippen molar-refractivity contribution in [1.29, 1.82) is 0 Å². The van der Waals surface area contributed by atoms with Crippen LogP contribution in [0.4, 0.5) is 0 Å². The monoisotopic (exact) mass is 1020 g/mol. The van der Waals surface area contributed by atoms with Crippen molar-refractivity contribution in [3.63, 3.8) is 0 Å². The normalized spacial score (nSPS) is 14.8. The molecule has 0 aliphatic carbocycles. The third kappa shape index (κ3) is 54.7. The average molecular weight is 1020 g/mol. The number of hydrogen-bond acceptors (Lipinski definition) is 6. The summed E-state index contributed by atoms with van der Waals surface area (Å²) in [5.74, 6) is -0.221. The van der Waals surface area contributed by atoms with Gasteiger partial charge in [0.25, 0.3) is 7.82 Å². The number of nitrogens with one attached hydrogen (secondary N) is 1. The van der Waals surface area contributed by atoms with Crippen LogP contribution in [0.2, 0.25) is 0 Å². The number of nitrogens with zero attached hydrogens (tertiary/aromatic N) is 1. The Hall–Kier alpha value is -3.10. The van der Waals surface area contributed by atoms with Gasteiger partial charge < -0.3 is 28.8 Å². The molecule has 3 atom stereocenters. The molecule has 72 heavy (non-hydrogen) atoms. The van der Waals surface area contributed by atoms with E-state index in [1.54, 1.807) is 6.08 Å². The van der Waals surface area contributed by atoms with Crippen LogP contribution in [0.25, 0.3) is 0 Å². The third-order valence-electron chi connectivity index (χ3n) is 12.2. The van der Waals surface area contributed by atoms with E-state index in [2.05, 4.69) is 129 Å². The smallest absolute Gasteiger partial charge is 0.268 e. The molecule has 0 spiro atoms. The van der Waals surface area contributed by atoms with Crippen molar-refractivity contribution in [3.05, 3.63) is 122 Å². The quantitative estimate of drug-likeness (QED) is 0.0272. The van der Waals surface area contributed by atoms with Gasteiger partial charge in [-0.3, -0.25) is 9.36 Å². The highest BCUT2D eigenvalue weighted by atomic mass is 31.2. The zero-order valence-corrected chi connectivity index (χ0v) is 47.7. The summed E-state index contributed by atoms with van der Waals surface area (Å²) in [4.78, 5) is 25.5. The second-order valence-corrected chi connectivity index (χ2v) is 21.7. The molecule has 412 valence electrons. The predicted molar refractivity (Wildman–Crippen MR) is 311 cm³/mol.